The van der Waals surface area contributed by atoms with Crippen LogP contribution in [-0.4, -0.2) is 20.1 Å². The van der Waals surface area contributed by atoms with E-state index in [0.29, 0.717) is 5.69 Å². The molecule has 3 aromatic rings. The number of nitrogens with zero attached hydrogens (tertiary/aromatic N) is 2. The molecule has 0 fully saturated rings. The second-order valence-corrected chi connectivity index (χ2v) is 4.76. The van der Waals surface area contributed by atoms with Crippen LogP contribution in [0.2, 0.25) is 0 Å². The van der Waals surface area contributed by atoms with E-state index in [1.807, 2.05) is 24.3 Å². The van der Waals surface area contributed by atoms with Gasteiger partial charge in [0, 0.05) is 21.6 Å². The van der Waals surface area contributed by atoms with Gasteiger partial charge in [-0.15, -0.1) is 0 Å². The maximum Gasteiger partial charge on any atom is 0.139 e. The third-order valence-corrected chi connectivity index (χ3v) is 3.46. The first kappa shape index (κ1) is 11.4. The number of aromatic amines is 1. The average Bonchev–Trinajstić information content (AvgIpc) is 2.88. The van der Waals surface area contributed by atoms with Crippen molar-refractivity contribution in [2.75, 3.05) is 0 Å². The molecule has 2 heterocycles. The van der Waals surface area contributed by atoms with Gasteiger partial charge >= 0.3 is 0 Å². The number of fused-ring (bicyclic) bond motifs is 1. The molecule has 5 heteroatoms. The number of halogens is 1. The number of H-pyrrole nitrogens is 1. The Bertz CT molecular complexity index is 708. The monoisotopic (exact) mass is 303 g/mol. The third kappa shape index (κ3) is 1.81. The van der Waals surface area contributed by atoms with Gasteiger partial charge < -0.3 is 10.1 Å². The maximum atomic E-state index is 9.06. The first-order chi connectivity index (χ1) is 8.79. The summed E-state index contributed by atoms with van der Waals surface area (Å²) in [6.07, 6.45) is 3.39. The summed E-state index contributed by atoms with van der Waals surface area (Å²) in [7, 11) is 0. The zero-order valence-electron chi connectivity index (χ0n) is 9.39. The van der Waals surface area contributed by atoms with Gasteiger partial charge in [0.2, 0.25) is 0 Å². The molecule has 0 aliphatic carbocycles. The minimum Gasteiger partial charge on any atom is -0.390 e. The molecule has 0 bridgehead atoms. The van der Waals surface area contributed by atoms with E-state index >= 15 is 0 Å². The number of aromatic nitrogens is 3. The van der Waals surface area contributed by atoms with Crippen molar-refractivity contribution >= 4 is 26.8 Å². The lowest BCUT2D eigenvalue weighted by Crippen LogP contribution is -1.88. The summed E-state index contributed by atoms with van der Waals surface area (Å²) >= 11 is 3.51. The van der Waals surface area contributed by atoms with Crippen molar-refractivity contribution in [3.05, 3.63) is 46.8 Å². The molecule has 1 aromatic carbocycles. The van der Waals surface area contributed by atoms with Crippen LogP contribution in [0.5, 0.6) is 0 Å². The molecule has 18 heavy (non-hydrogen) atoms. The molecule has 0 radical (unpaired) electrons. The minimum absolute atomic E-state index is 0.0467. The number of imidazole rings is 1. The van der Waals surface area contributed by atoms with Gasteiger partial charge in [-0.3, -0.25) is 4.98 Å². The van der Waals surface area contributed by atoms with Gasteiger partial charge in [0.1, 0.15) is 5.82 Å². The summed E-state index contributed by atoms with van der Waals surface area (Å²) in [5.74, 6) is 0.718. The molecule has 0 unspecified atom stereocenters. The van der Waals surface area contributed by atoms with Crippen LogP contribution in [0, 0.1) is 0 Å². The Morgan fingerprint density at radius 2 is 2.11 bits per heavy atom. The van der Waals surface area contributed by atoms with E-state index in [4.69, 9.17) is 5.11 Å². The van der Waals surface area contributed by atoms with Gasteiger partial charge in [-0.05, 0) is 18.2 Å². The smallest absolute Gasteiger partial charge is 0.139 e. The van der Waals surface area contributed by atoms with Gasteiger partial charge in [0.15, 0.2) is 0 Å². The summed E-state index contributed by atoms with van der Waals surface area (Å²) in [6.45, 7) is -0.0467. The normalized spacial score (nSPS) is 11.0. The summed E-state index contributed by atoms with van der Waals surface area (Å²) in [4.78, 5) is 11.7. The van der Waals surface area contributed by atoms with Crippen LogP contribution in [0.4, 0.5) is 0 Å². The molecule has 0 saturated heterocycles. The van der Waals surface area contributed by atoms with Crippen LogP contribution in [0.25, 0.3) is 22.3 Å². The Hall–Kier alpha value is -1.72. The lowest BCUT2D eigenvalue weighted by molar-refractivity contribution is 0.277. The topological polar surface area (TPSA) is 61.8 Å². The molecule has 0 aliphatic heterocycles. The number of rotatable bonds is 2. The summed E-state index contributed by atoms with van der Waals surface area (Å²) in [5, 5.41) is 10.1. The van der Waals surface area contributed by atoms with E-state index in [1.54, 1.807) is 12.4 Å². The number of benzene rings is 1. The molecule has 3 rings (SSSR count). The second-order valence-electron chi connectivity index (χ2n) is 3.91. The molecule has 2 N–H and O–H groups in total. The summed E-state index contributed by atoms with van der Waals surface area (Å²) < 4.78 is 1.00. The lowest BCUT2D eigenvalue weighted by atomic mass is 10.1. The Kier molecular flexibility index (Phi) is 2.85. The molecule has 0 aliphatic rings. The van der Waals surface area contributed by atoms with Gasteiger partial charge in [-0.1, -0.05) is 22.0 Å². The van der Waals surface area contributed by atoms with Gasteiger partial charge in [-0.25, -0.2) is 4.98 Å². The van der Waals surface area contributed by atoms with E-state index in [0.717, 1.165) is 26.8 Å². The van der Waals surface area contributed by atoms with Crippen molar-refractivity contribution in [3.63, 3.8) is 0 Å². The predicted octanol–water partition coefficient (Wildman–Crippen LogP) is 2.88. The van der Waals surface area contributed by atoms with E-state index in [-0.39, 0.29) is 6.61 Å². The van der Waals surface area contributed by atoms with Crippen molar-refractivity contribution in [1.82, 2.24) is 15.0 Å². The molecular weight excluding hydrogens is 294 g/mol. The van der Waals surface area contributed by atoms with Gasteiger partial charge in [-0.2, -0.15) is 0 Å². The Morgan fingerprint density at radius 1 is 1.22 bits per heavy atom. The zero-order valence-corrected chi connectivity index (χ0v) is 11.0. The maximum absolute atomic E-state index is 9.06. The van der Waals surface area contributed by atoms with Crippen molar-refractivity contribution in [3.8, 4) is 11.4 Å². The van der Waals surface area contributed by atoms with E-state index in [9.17, 15) is 0 Å². The number of aliphatic hydroxyl groups excluding tert-OH is 1. The molecule has 0 amide bonds. The highest BCUT2D eigenvalue weighted by atomic mass is 79.9. The minimum atomic E-state index is -0.0467. The largest absolute Gasteiger partial charge is 0.390 e. The van der Waals surface area contributed by atoms with Crippen molar-refractivity contribution in [1.29, 1.82) is 0 Å². The highest BCUT2D eigenvalue weighted by Gasteiger charge is 2.10. The van der Waals surface area contributed by atoms with Crippen LogP contribution in [0.3, 0.4) is 0 Å². The molecule has 0 atom stereocenters. The van der Waals surface area contributed by atoms with Crippen LogP contribution >= 0.6 is 15.9 Å². The van der Waals surface area contributed by atoms with Crippen molar-refractivity contribution in [2.45, 2.75) is 6.61 Å². The fourth-order valence-corrected chi connectivity index (χ4v) is 2.36. The van der Waals surface area contributed by atoms with E-state index < -0.39 is 0 Å². The lowest BCUT2D eigenvalue weighted by Gasteiger charge is -2.04. The van der Waals surface area contributed by atoms with Crippen LogP contribution in [0.15, 0.2) is 41.1 Å². The summed E-state index contributed by atoms with van der Waals surface area (Å²) in [6, 6.07) is 7.84. The highest BCUT2D eigenvalue weighted by Crippen LogP contribution is 2.30. The average molecular weight is 304 g/mol. The van der Waals surface area contributed by atoms with Crippen LogP contribution in [-0.2, 0) is 6.61 Å². The molecular formula is C13H10BrN3O. The Morgan fingerprint density at radius 3 is 2.89 bits per heavy atom. The molecule has 4 nitrogen and oxygen atoms in total. The molecule has 0 spiro atoms. The molecule has 2 aromatic heterocycles. The van der Waals surface area contributed by atoms with Crippen LogP contribution < -0.4 is 0 Å². The fraction of sp³-hybridized carbons (Fsp3) is 0.0769. The van der Waals surface area contributed by atoms with E-state index in [2.05, 4.69) is 30.9 Å². The number of hydrogen-bond acceptors (Lipinski definition) is 3. The Labute approximate surface area is 112 Å². The van der Waals surface area contributed by atoms with Crippen molar-refractivity contribution in [2.24, 2.45) is 0 Å². The SMILES string of the molecule is OCc1cnc(-c2ccc(Br)c3cccnc23)[nH]1. The number of nitrogens with one attached hydrogen (secondary N) is 1. The highest BCUT2D eigenvalue weighted by molar-refractivity contribution is 9.10. The first-order valence-electron chi connectivity index (χ1n) is 5.48. The molecule has 0 saturated carbocycles. The number of pyridine rings is 1. The standard InChI is InChI=1S/C13H10BrN3O/c14-11-4-3-10(12-9(11)2-1-5-15-12)13-16-6-8(7-18)17-13/h1-6,18H,7H2,(H,16,17). The number of aliphatic hydroxyl groups is 1. The molecule has 90 valence electrons. The third-order valence-electron chi connectivity index (χ3n) is 2.77. The van der Waals surface area contributed by atoms with Gasteiger partial charge in [0.25, 0.3) is 0 Å². The summed E-state index contributed by atoms with van der Waals surface area (Å²) in [5.41, 5.74) is 2.50. The quantitative estimate of drug-likeness (QED) is 0.765. The van der Waals surface area contributed by atoms with Crippen LogP contribution in [0.1, 0.15) is 5.69 Å². The second kappa shape index (κ2) is 4.51. The Balaban J connectivity index is 2.26. The first-order valence-corrected chi connectivity index (χ1v) is 6.27. The van der Waals surface area contributed by atoms with E-state index in [1.165, 1.54) is 0 Å². The van der Waals surface area contributed by atoms with Gasteiger partial charge in [0.05, 0.1) is 24.0 Å². The number of hydrogen-bond donors (Lipinski definition) is 2. The zero-order chi connectivity index (χ0) is 12.5. The van der Waals surface area contributed by atoms with Crippen molar-refractivity contribution < 1.29 is 5.11 Å². The predicted molar refractivity (Wildman–Crippen MR) is 72.9 cm³/mol. The fourth-order valence-electron chi connectivity index (χ4n) is 1.91.